The van der Waals surface area contributed by atoms with E-state index in [1.165, 1.54) is 0 Å². The van der Waals surface area contributed by atoms with Gasteiger partial charge in [0.2, 0.25) is 5.91 Å². The number of benzene rings is 2. The maximum absolute atomic E-state index is 13.5. The van der Waals surface area contributed by atoms with Crippen LogP contribution in [0, 0.1) is 28.1 Å². The van der Waals surface area contributed by atoms with E-state index in [0.717, 1.165) is 81.3 Å². The second kappa shape index (κ2) is 16.5. The minimum absolute atomic E-state index is 0.141. The highest BCUT2D eigenvalue weighted by atomic mass is 35.5. The molecule has 0 radical (unpaired) electrons. The van der Waals surface area contributed by atoms with Crippen LogP contribution in [0.3, 0.4) is 0 Å². The normalized spacial score (nSPS) is 23.1. The van der Waals surface area contributed by atoms with Crippen molar-refractivity contribution in [3.8, 4) is 11.8 Å². The first-order valence-corrected chi connectivity index (χ1v) is 21.2. The van der Waals surface area contributed by atoms with Crippen LogP contribution in [0.15, 0.2) is 59.5 Å². The summed E-state index contributed by atoms with van der Waals surface area (Å²) in [6.45, 7) is 14.9. The number of ether oxygens (including phenoxy) is 1. The summed E-state index contributed by atoms with van der Waals surface area (Å²) in [5, 5.41) is 23.8. The molecular formula is C44H51ClN10O5. The number of fused-ring (bicyclic) bond motifs is 1. The fraction of sp³-hybridized carbons (Fsp3) is 0.500. The molecule has 0 spiro atoms. The Hall–Kier alpha value is -5.59. The summed E-state index contributed by atoms with van der Waals surface area (Å²) >= 11 is 6.25. The van der Waals surface area contributed by atoms with Gasteiger partial charge in [-0.2, -0.15) is 9.94 Å². The lowest BCUT2D eigenvalue weighted by atomic mass is 9.49. The number of halogens is 1. The summed E-state index contributed by atoms with van der Waals surface area (Å²) < 4.78 is 7.47. The van der Waals surface area contributed by atoms with Crippen LogP contribution in [0.25, 0.3) is 10.9 Å². The lowest BCUT2D eigenvalue weighted by molar-refractivity contribution is -0.164. The van der Waals surface area contributed by atoms with Crippen LogP contribution in [-0.4, -0.2) is 101 Å². The third-order valence-electron chi connectivity index (χ3n) is 13.1. The Morgan fingerprint density at radius 3 is 2.37 bits per heavy atom. The van der Waals surface area contributed by atoms with Crippen molar-refractivity contribution in [3.05, 3.63) is 81.2 Å². The molecule has 60 heavy (non-hydrogen) atoms. The average molecular weight is 835 g/mol. The highest BCUT2D eigenvalue weighted by Gasteiger charge is 2.64. The number of imide groups is 1. The fourth-order valence-electron chi connectivity index (χ4n) is 9.92. The molecule has 0 bridgehead atoms. The number of amides is 3. The Kier molecular flexibility index (Phi) is 11.3. The Bertz CT molecular complexity index is 2380. The van der Waals surface area contributed by atoms with Crippen LogP contribution in [0.2, 0.25) is 5.02 Å². The molecule has 2 aromatic heterocycles. The number of rotatable bonds is 10. The maximum Gasteiger partial charge on any atom is 0.278 e. The van der Waals surface area contributed by atoms with Gasteiger partial charge in [-0.3, -0.25) is 29.4 Å². The number of pyridine rings is 1. The Labute approximate surface area is 354 Å². The molecule has 3 aliphatic heterocycles. The third-order valence-corrected chi connectivity index (χ3v) is 13.5. The van der Waals surface area contributed by atoms with Crippen molar-refractivity contribution in [1.82, 2.24) is 35.5 Å². The molecule has 314 valence electrons. The van der Waals surface area contributed by atoms with Gasteiger partial charge in [0.15, 0.2) is 0 Å². The van der Waals surface area contributed by atoms with Crippen LogP contribution in [0.4, 0.5) is 11.5 Å². The number of hydrogen-bond donors (Lipinski definition) is 2. The maximum atomic E-state index is 13.5. The summed E-state index contributed by atoms with van der Waals surface area (Å²) in [5.41, 5.74) is 1.28. The van der Waals surface area contributed by atoms with E-state index in [1.807, 2.05) is 24.3 Å². The van der Waals surface area contributed by atoms with Gasteiger partial charge in [-0.15, -0.1) is 5.10 Å². The molecule has 1 saturated carbocycles. The van der Waals surface area contributed by atoms with E-state index in [4.69, 9.17) is 21.3 Å². The number of hydrogen-bond acceptors (Lipinski definition) is 12. The number of nitrogens with one attached hydrogen (secondary N) is 2. The zero-order valence-electron chi connectivity index (χ0n) is 34.5. The molecule has 1 atom stereocenters. The summed E-state index contributed by atoms with van der Waals surface area (Å²) in [6, 6.07) is 15.6. The van der Waals surface area contributed by atoms with Crippen LogP contribution in [0.5, 0.6) is 5.75 Å². The van der Waals surface area contributed by atoms with Gasteiger partial charge in [-0.05, 0) is 80.6 Å². The van der Waals surface area contributed by atoms with E-state index < -0.39 is 11.9 Å². The van der Waals surface area contributed by atoms with Crippen molar-refractivity contribution in [2.24, 2.45) is 16.7 Å². The van der Waals surface area contributed by atoms with Gasteiger partial charge in [0.25, 0.3) is 17.4 Å². The van der Waals surface area contributed by atoms with E-state index in [-0.39, 0.29) is 53.2 Å². The first kappa shape index (κ1) is 41.2. The lowest BCUT2D eigenvalue weighted by Crippen LogP contribution is -2.74. The third kappa shape index (κ3) is 8.02. The Balaban J connectivity index is 0.772. The Morgan fingerprint density at radius 1 is 0.950 bits per heavy atom. The topological polar surface area (TPSA) is 179 Å². The van der Waals surface area contributed by atoms with Crippen LogP contribution in [-0.2, 0) is 9.59 Å². The van der Waals surface area contributed by atoms with Gasteiger partial charge in [-0.25, -0.2) is 4.98 Å². The van der Waals surface area contributed by atoms with E-state index in [9.17, 15) is 24.4 Å². The minimum atomic E-state index is -0.843. The number of nitriles is 1. The van der Waals surface area contributed by atoms with Crippen molar-refractivity contribution in [3.63, 3.8) is 0 Å². The molecule has 16 heteroatoms. The summed E-state index contributed by atoms with van der Waals surface area (Å²) in [5.74, 6) is 1.09. The summed E-state index contributed by atoms with van der Waals surface area (Å²) in [4.78, 5) is 62.4. The number of anilines is 2. The smallest absolute Gasteiger partial charge is 0.278 e. The van der Waals surface area contributed by atoms with Crippen molar-refractivity contribution in [2.45, 2.75) is 78.0 Å². The predicted molar refractivity (Wildman–Crippen MR) is 227 cm³/mol. The number of nitrogens with zero attached hydrogens (tertiary/aromatic N) is 8. The predicted octanol–water partition coefficient (Wildman–Crippen LogP) is 4.73. The van der Waals surface area contributed by atoms with E-state index in [1.54, 1.807) is 30.5 Å². The van der Waals surface area contributed by atoms with Gasteiger partial charge in [0, 0.05) is 80.5 Å². The zero-order valence-corrected chi connectivity index (χ0v) is 35.2. The molecule has 4 aliphatic rings. The highest BCUT2D eigenvalue weighted by molar-refractivity contribution is 6.31. The SMILES string of the molecule is CC1(C)[C@H](NC(=O)c2ccc(N3CCC(CCN4CCN(c5ccc6c(=O)n(C7CCC(=O)NC7=O)nnc6c5)CC4)CC3)nc2)C(C)(C)[C@H]1Oc1ccc(C#N)c(Cl)c1. The standard InChI is InChI=1S/C44H51ClN10O5/c1-43(2)41(44(3,4)42(43)60-31-8-5-28(25-46)33(45)24-31)49-38(57)29-6-11-36(47-26-29)54-17-14-27(15-18-54)13-16-52-19-21-53(22-20-52)30-7-9-32-34(23-30)50-51-55(40(32)59)35-10-12-37(56)48-39(35)58/h5-9,11,23-24,26-27,35,41-42H,10,12-22H2,1-4H3,(H,49,57)(H,48,56,58)/t35?,41-,42-. The average Bonchev–Trinajstić information content (AvgIpc) is 3.24. The lowest BCUT2D eigenvalue weighted by Gasteiger charge is -2.63. The van der Waals surface area contributed by atoms with Crippen LogP contribution >= 0.6 is 11.6 Å². The van der Waals surface area contributed by atoms with Crippen molar-refractivity contribution >= 4 is 51.7 Å². The van der Waals surface area contributed by atoms with Crippen molar-refractivity contribution in [2.75, 3.05) is 55.6 Å². The van der Waals surface area contributed by atoms with Gasteiger partial charge < -0.3 is 19.9 Å². The molecular weight excluding hydrogens is 784 g/mol. The molecule has 2 aromatic carbocycles. The second-order valence-electron chi connectivity index (χ2n) is 17.8. The molecule has 2 N–H and O–H groups in total. The monoisotopic (exact) mass is 834 g/mol. The first-order valence-electron chi connectivity index (χ1n) is 20.8. The van der Waals surface area contributed by atoms with Gasteiger partial charge >= 0.3 is 0 Å². The zero-order chi connectivity index (χ0) is 42.3. The van der Waals surface area contributed by atoms with Crippen LogP contribution in [0.1, 0.15) is 81.8 Å². The molecule has 4 fully saturated rings. The van der Waals surface area contributed by atoms with Gasteiger partial charge in [0.05, 0.1) is 21.5 Å². The number of aromatic nitrogens is 4. The molecule has 4 aromatic rings. The largest absolute Gasteiger partial charge is 0.489 e. The van der Waals surface area contributed by atoms with Gasteiger partial charge in [0.1, 0.15) is 35.3 Å². The number of carbonyl (C=O) groups is 3. The van der Waals surface area contributed by atoms with E-state index in [2.05, 4.69) is 69.4 Å². The number of piperidine rings is 2. The second-order valence-corrected chi connectivity index (χ2v) is 18.2. The Morgan fingerprint density at radius 2 is 1.70 bits per heavy atom. The highest BCUT2D eigenvalue weighted by Crippen LogP contribution is 2.55. The molecule has 1 aliphatic carbocycles. The molecule has 3 amide bonds. The number of carbonyl (C=O) groups excluding carboxylic acids is 3. The molecule has 8 rings (SSSR count). The fourth-order valence-corrected chi connectivity index (χ4v) is 10.1. The minimum Gasteiger partial charge on any atom is -0.489 e. The van der Waals surface area contributed by atoms with Crippen molar-refractivity contribution < 1.29 is 19.1 Å². The quantitative estimate of drug-likeness (QED) is 0.210. The summed E-state index contributed by atoms with van der Waals surface area (Å²) in [7, 11) is 0. The van der Waals surface area contributed by atoms with Gasteiger partial charge in [-0.1, -0.05) is 44.5 Å². The van der Waals surface area contributed by atoms with E-state index in [0.29, 0.717) is 38.7 Å². The molecule has 15 nitrogen and oxygen atoms in total. The summed E-state index contributed by atoms with van der Waals surface area (Å²) in [6.07, 6.45) is 5.20. The van der Waals surface area contributed by atoms with Crippen LogP contribution < -0.4 is 30.7 Å². The van der Waals surface area contributed by atoms with E-state index >= 15 is 0 Å². The molecule has 5 heterocycles. The molecule has 1 unspecified atom stereocenters. The molecule has 3 saturated heterocycles. The number of piperazine rings is 1. The first-order chi connectivity index (χ1) is 28.7. The van der Waals surface area contributed by atoms with Crippen molar-refractivity contribution in [1.29, 1.82) is 5.26 Å².